The standard InChI is InChI=1S/C77H131N2O7P/c1-7-10-13-16-19-22-25-27-29-31-33-35-37-38-39-40-42-44-46-48-50-52-55-58-61-64-67-70-77(81)86-75(68-65-62-59-56-53-24-21-18-15-12-9-3)74(73-85-87(82,83)84-72-71-79(4,5)6)78-76(80)69-66-63-60-57-54-51-49-47-45-43-41-36-34-32-30-28-26-23-20-17-14-11-8-2/h10-11,13-14,19-20,22-23,27-30,33-36,38-39,42-45,65,68,74-75H,7-9,12,15-18,21,24-26,31-32,37,40-41,46-64,66-67,69-73H2,1-6H3,(H-,78,80,82,83)/p+1/b13-10-,14-11-,22-19-,23-20-,29-27-,30-28-,35-33-,36-34-,39-38-,44-42-,45-43-,68-65+. The summed E-state index contributed by atoms with van der Waals surface area (Å²) in [6.45, 7) is 6.76. The van der Waals surface area contributed by atoms with Crippen molar-refractivity contribution in [3.63, 3.8) is 0 Å². The van der Waals surface area contributed by atoms with Gasteiger partial charge >= 0.3 is 13.8 Å². The monoisotopic (exact) mass is 1230 g/mol. The Balaban J connectivity index is 5.10. The van der Waals surface area contributed by atoms with Crippen LogP contribution in [0, 0.1) is 0 Å². The van der Waals surface area contributed by atoms with E-state index in [-0.39, 0.29) is 31.5 Å². The van der Waals surface area contributed by atoms with Gasteiger partial charge in [-0.3, -0.25) is 18.6 Å². The molecule has 0 spiro atoms. The van der Waals surface area contributed by atoms with Crippen molar-refractivity contribution < 1.29 is 37.3 Å². The van der Waals surface area contributed by atoms with E-state index in [1.54, 1.807) is 0 Å². The number of allylic oxidation sites excluding steroid dienone is 23. The summed E-state index contributed by atoms with van der Waals surface area (Å²) in [6.07, 6.45) is 94.3. The molecule has 0 aromatic rings. The molecular formula is C77H132N2O7P+. The van der Waals surface area contributed by atoms with Crippen molar-refractivity contribution in [1.82, 2.24) is 5.32 Å². The SMILES string of the molecule is CC/C=C\C/C=C\C/C=C\C/C=C\C/C=C\C/C=C\CCCCCCCCCCC(=O)OC(/C=C/CCCCCCCCCCC)C(COP(=O)(O)OCC[N+](C)(C)C)NC(=O)CCCCCCCCC/C=C\C/C=C\C/C=C\C/C=C\C/C=C\CC. The molecule has 0 fully saturated rings. The Kier molecular flexibility index (Phi) is 61.8. The summed E-state index contributed by atoms with van der Waals surface area (Å²) in [5.41, 5.74) is 0. The van der Waals surface area contributed by atoms with Gasteiger partial charge in [0.1, 0.15) is 19.3 Å². The molecule has 10 heteroatoms. The van der Waals surface area contributed by atoms with Gasteiger partial charge in [-0.2, -0.15) is 0 Å². The van der Waals surface area contributed by atoms with E-state index in [2.05, 4.69) is 160 Å². The van der Waals surface area contributed by atoms with Gasteiger partial charge in [-0.15, -0.1) is 0 Å². The Morgan fingerprint density at radius 3 is 1.10 bits per heavy atom. The molecule has 0 aliphatic rings. The van der Waals surface area contributed by atoms with Crippen molar-refractivity contribution in [2.75, 3.05) is 40.9 Å². The number of rotatable bonds is 62. The number of phosphoric acid groups is 1. The van der Waals surface area contributed by atoms with Crippen molar-refractivity contribution in [2.24, 2.45) is 0 Å². The number of carbonyl (C=O) groups is 2. The minimum absolute atomic E-state index is 0.0285. The molecule has 87 heavy (non-hydrogen) atoms. The van der Waals surface area contributed by atoms with E-state index in [1.165, 1.54) is 89.9 Å². The second-order valence-electron chi connectivity index (χ2n) is 24.3. The maximum atomic E-state index is 13.6. The lowest BCUT2D eigenvalue weighted by Crippen LogP contribution is -2.47. The highest BCUT2D eigenvalue weighted by molar-refractivity contribution is 7.47. The van der Waals surface area contributed by atoms with Gasteiger partial charge < -0.3 is 19.4 Å². The van der Waals surface area contributed by atoms with E-state index >= 15 is 0 Å². The second-order valence-corrected chi connectivity index (χ2v) is 25.7. The molecule has 0 bridgehead atoms. The number of ether oxygens (including phenoxy) is 1. The topological polar surface area (TPSA) is 111 Å². The predicted molar refractivity (Wildman–Crippen MR) is 378 cm³/mol. The van der Waals surface area contributed by atoms with Crippen molar-refractivity contribution in [1.29, 1.82) is 0 Å². The first kappa shape index (κ1) is 82.9. The molecule has 3 atom stereocenters. The van der Waals surface area contributed by atoms with E-state index in [1.807, 2.05) is 33.3 Å². The average Bonchev–Trinajstić information content (AvgIpc) is 3.70. The second kappa shape index (κ2) is 64.9. The van der Waals surface area contributed by atoms with Gasteiger partial charge in [0.15, 0.2) is 0 Å². The van der Waals surface area contributed by atoms with Crippen LogP contribution in [0.3, 0.4) is 0 Å². The Hall–Kier alpha value is -4.11. The van der Waals surface area contributed by atoms with Crippen LogP contribution in [0.25, 0.3) is 0 Å². The van der Waals surface area contributed by atoms with Crippen LogP contribution in [0.4, 0.5) is 0 Å². The van der Waals surface area contributed by atoms with Gasteiger partial charge in [-0.25, -0.2) is 4.57 Å². The summed E-state index contributed by atoms with van der Waals surface area (Å²) in [6, 6.07) is -0.870. The highest BCUT2D eigenvalue weighted by atomic mass is 31.2. The van der Waals surface area contributed by atoms with Crippen LogP contribution in [0.5, 0.6) is 0 Å². The zero-order valence-corrected chi connectivity index (χ0v) is 57.6. The molecule has 0 aliphatic heterocycles. The van der Waals surface area contributed by atoms with Crippen LogP contribution < -0.4 is 5.32 Å². The van der Waals surface area contributed by atoms with Gasteiger partial charge in [0.25, 0.3) is 0 Å². The fourth-order valence-electron chi connectivity index (χ4n) is 9.44. The number of nitrogens with zero attached hydrogens (tertiary/aromatic N) is 1. The lowest BCUT2D eigenvalue weighted by molar-refractivity contribution is -0.870. The third kappa shape index (κ3) is 66.1. The molecule has 0 saturated carbocycles. The quantitative estimate of drug-likeness (QED) is 0.0205. The molecule has 0 aromatic heterocycles. The molecule has 0 rings (SSSR count). The molecule has 3 unspecified atom stereocenters. The van der Waals surface area contributed by atoms with E-state index in [4.69, 9.17) is 13.8 Å². The van der Waals surface area contributed by atoms with E-state index in [0.29, 0.717) is 17.4 Å². The normalized spacial score (nSPS) is 14.4. The molecule has 0 aromatic carbocycles. The highest BCUT2D eigenvalue weighted by Gasteiger charge is 2.30. The first-order valence-corrected chi connectivity index (χ1v) is 36.7. The molecule has 1 amide bonds. The number of carbonyl (C=O) groups excluding carboxylic acids is 2. The molecule has 0 radical (unpaired) electrons. The zero-order chi connectivity index (χ0) is 63.5. The van der Waals surface area contributed by atoms with Crippen LogP contribution >= 0.6 is 7.82 Å². The van der Waals surface area contributed by atoms with Crippen LogP contribution in [0.2, 0.25) is 0 Å². The maximum Gasteiger partial charge on any atom is 0.472 e. The molecule has 0 heterocycles. The Morgan fingerprint density at radius 2 is 0.736 bits per heavy atom. The fourth-order valence-corrected chi connectivity index (χ4v) is 10.2. The molecule has 0 aliphatic carbocycles. The summed E-state index contributed by atoms with van der Waals surface area (Å²) in [5.74, 6) is -0.535. The first-order chi connectivity index (χ1) is 42.4. The Labute approximate surface area is 536 Å². The molecule has 0 saturated heterocycles. The lowest BCUT2D eigenvalue weighted by Gasteiger charge is -2.27. The molecular weight excluding hydrogens is 1100 g/mol. The van der Waals surface area contributed by atoms with Crippen molar-refractivity contribution >= 4 is 19.7 Å². The minimum atomic E-state index is -4.47. The summed E-state index contributed by atoms with van der Waals surface area (Å²) < 4.78 is 30.8. The van der Waals surface area contributed by atoms with Gasteiger partial charge in [-0.05, 0) is 128 Å². The van der Waals surface area contributed by atoms with Gasteiger partial charge in [-0.1, -0.05) is 283 Å². The summed E-state index contributed by atoms with van der Waals surface area (Å²) in [7, 11) is 1.46. The van der Waals surface area contributed by atoms with Crippen molar-refractivity contribution in [3.8, 4) is 0 Å². The maximum absolute atomic E-state index is 13.6. The number of esters is 1. The van der Waals surface area contributed by atoms with Crippen LogP contribution in [-0.4, -0.2) is 74.3 Å². The lowest BCUT2D eigenvalue weighted by atomic mass is 10.1. The summed E-state index contributed by atoms with van der Waals surface area (Å²) >= 11 is 0. The number of phosphoric ester groups is 1. The minimum Gasteiger partial charge on any atom is -0.456 e. The van der Waals surface area contributed by atoms with Gasteiger partial charge in [0, 0.05) is 12.8 Å². The van der Waals surface area contributed by atoms with Gasteiger partial charge in [0.2, 0.25) is 5.91 Å². The summed E-state index contributed by atoms with van der Waals surface area (Å²) in [5, 5.41) is 3.06. The largest absolute Gasteiger partial charge is 0.472 e. The predicted octanol–water partition coefficient (Wildman–Crippen LogP) is 22.6. The number of likely N-dealkylation sites (N-methyl/N-ethyl adjacent to an activating group) is 1. The Morgan fingerprint density at radius 1 is 0.414 bits per heavy atom. The van der Waals surface area contributed by atoms with Crippen LogP contribution in [0.15, 0.2) is 146 Å². The molecule has 9 nitrogen and oxygen atoms in total. The third-order valence-corrected chi connectivity index (χ3v) is 15.8. The fraction of sp³-hybridized carbons (Fsp3) is 0.662. The van der Waals surface area contributed by atoms with Crippen molar-refractivity contribution in [2.45, 2.75) is 290 Å². The van der Waals surface area contributed by atoms with E-state index < -0.39 is 20.0 Å². The van der Waals surface area contributed by atoms with Crippen LogP contribution in [-0.2, 0) is 27.9 Å². The zero-order valence-electron chi connectivity index (χ0n) is 56.7. The summed E-state index contributed by atoms with van der Waals surface area (Å²) in [4.78, 5) is 37.9. The van der Waals surface area contributed by atoms with Crippen molar-refractivity contribution in [3.05, 3.63) is 146 Å². The van der Waals surface area contributed by atoms with E-state index in [0.717, 1.165) is 154 Å². The number of amides is 1. The molecule has 496 valence electrons. The van der Waals surface area contributed by atoms with Crippen LogP contribution in [0.1, 0.15) is 278 Å². The smallest absolute Gasteiger partial charge is 0.456 e. The number of nitrogens with one attached hydrogen (secondary N) is 1. The number of quaternary nitrogens is 1. The molecule has 2 N–H and O–H groups in total. The van der Waals surface area contributed by atoms with Gasteiger partial charge in [0.05, 0.1) is 33.8 Å². The number of unbranched alkanes of at least 4 members (excludes halogenated alkanes) is 24. The van der Waals surface area contributed by atoms with E-state index in [9.17, 15) is 19.0 Å². The highest BCUT2D eigenvalue weighted by Crippen LogP contribution is 2.43. The average molecular weight is 1230 g/mol. The number of hydrogen-bond donors (Lipinski definition) is 2. The third-order valence-electron chi connectivity index (χ3n) is 14.8. The number of hydrogen-bond acceptors (Lipinski definition) is 6. The Bertz CT molecular complexity index is 2000. The first-order valence-electron chi connectivity index (χ1n) is 35.2.